The molecular weight excluding hydrogens is 394 g/mol. The lowest BCUT2D eigenvalue weighted by atomic mass is 9.81. The molecule has 0 N–H and O–H groups in total. The van der Waals surface area contributed by atoms with E-state index in [-0.39, 0.29) is 5.91 Å². The normalized spacial score (nSPS) is 18.8. The van der Waals surface area contributed by atoms with Crippen molar-refractivity contribution in [1.82, 2.24) is 9.88 Å². The second-order valence-electron chi connectivity index (χ2n) is 8.76. The summed E-state index contributed by atoms with van der Waals surface area (Å²) < 4.78 is 0. The number of para-hydroxylation sites is 1. The van der Waals surface area contributed by atoms with Crippen molar-refractivity contribution in [1.29, 1.82) is 0 Å². The fraction of sp³-hybridized carbons (Fsp3) is 0.286. The highest BCUT2D eigenvalue weighted by Crippen LogP contribution is 2.44. The SMILES string of the molecule is O=C(c1ccncc1)N1CC(C2CCN(/C=C/Cc3ccccc3)CC2)c2ccccc21. The van der Waals surface area contributed by atoms with Crippen LogP contribution in [0.25, 0.3) is 0 Å². The maximum atomic E-state index is 13.2. The average Bonchev–Trinajstić information content (AvgIpc) is 3.25. The molecule has 3 heterocycles. The summed E-state index contributed by atoms with van der Waals surface area (Å²) >= 11 is 0. The predicted molar refractivity (Wildman–Crippen MR) is 129 cm³/mol. The fourth-order valence-electron chi connectivity index (χ4n) is 5.11. The van der Waals surface area contributed by atoms with Gasteiger partial charge in [-0.15, -0.1) is 0 Å². The number of carbonyl (C=O) groups is 1. The van der Waals surface area contributed by atoms with Crippen LogP contribution in [0.1, 0.15) is 40.2 Å². The number of nitrogens with zero attached hydrogens (tertiary/aromatic N) is 3. The second-order valence-corrected chi connectivity index (χ2v) is 8.76. The minimum Gasteiger partial charge on any atom is -0.378 e. The van der Waals surface area contributed by atoms with Crippen LogP contribution in [0.3, 0.4) is 0 Å². The minimum absolute atomic E-state index is 0.0728. The first-order valence-electron chi connectivity index (χ1n) is 11.5. The molecular formula is C28H29N3O. The molecule has 4 nitrogen and oxygen atoms in total. The van der Waals surface area contributed by atoms with E-state index in [1.54, 1.807) is 24.5 Å². The van der Waals surface area contributed by atoms with Gasteiger partial charge in [0.2, 0.25) is 0 Å². The van der Waals surface area contributed by atoms with Crippen LogP contribution in [-0.4, -0.2) is 35.4 Å². The van der Waals surface area contributed by atoms with Crippen LogP contribution in [0.15, 0.2) is 91.4 Å². The van der Waals surface area contributed by atoms with E-state index >= 15 is 0 Å². The summed E-state index contributed by atoms with van der Waals surface area (Å²) in [5, 5.41) is 0. The summed E-state index contributed by atoms with van der Waals surface area (Å²) in [5.41, 5.74) is 4.45. The van der Waals surface area contributed by atoms with Gasteiger partial charge in [0, 0.05) is 49.2 Å². The van der Waals surface area contributed by atoms with Crippen LogP contribution in [0.4, 0.5) is 5.69 Å². The second kappa shape index (κ2) is 9.39. The highest BCUT2D eigenvalue weighted by Gasteiger charge is 2.37. The Labute approximate surface area is 190 Å². The van der Waals surface area contributed by atoms with Crippen LogP contribution in [-0.2, 0) is 6.42 Å². The molecule has 1 saturated heterocycles. The van der Waals surface area contributed by atoms with E-state index in [4.69, 9.17) is 0 Å². The van der Waals surface area contributed by atoms with Gasteiger partial charge in [-0.05, 0) is 60.7 Å². The van der Waals surface area contributed by atoms with Gasteiger partial charge in [0.25, 0.3) is 5.91 Å². The summed E-state index contributed by atoms with van der Waals surface area (Å²) in [4.78, 5) is 21.7. The van der Waals surface area contributed by atoms with Gasteiger partial charge in [-0.3, -0.25) is 9.78 Å². The van der Waals surface area contributed by atoms with E-state index in [9.17, 15) is 4.79 Å². The fourth-order valence-corrected chi connectivity index (χ4v) is 5.11. The highest BCUT2D eigenvalue weighted by molar-refractivity contribution is 6.07. The van der Waals surface area contributed by atoms with Crippen molar-refractivity contribution >= 4 is 11.6 Å². The lowest BCUT2D eigenvalue weighted by molar-refractivity contribution is 0.0985. The third-order valence-corrected chi connectivity index (χ3v) is 6.83. The van der Waals surface area contributed by atoms with Crippen LogP contribution in [0, 0.1) is 5.92 Å². The zero-order valence-electron chi connectivity index (χ0n) is 18.3. The highest BCUT2D eigenvalue weighted by atomic mass is 16.2. The molecule has 2 aliphatic heterocycles. The number of carbonyl (C=O) groups excluding carboxylic acids is 1. The van der Waals surface area contributed by atoms with Gasteiger partial charge in [-0.1, -0.05) is 54.6 Å². The van der Waals surface area contributed by atoms with Gasteiger partial charge >= 0.3 is 0 Å². The standard InChI is InChI=1S/C28H29N3O/c32-28(24-12-16-29-17-13-24)31-21-26(25-10-4-5-11-27(25)31)23-14-19-30(20-15-23)18-6-9-22-7-2-1-3-8-22/h1-8,10-13,16-18,23,26H,9,14-15,19-21H2/b18-6+. The van der Waals surface area contributed by atoms with E-state index in [2.05, 4.69) is 70.7 Å². The molecule has 0 saturated carbocycles. The van der Waals surface area contributed by atoms with Crippen molar-refractivity contribution in [2.75, 3.05) is 24.5 Å². The summed E-state index contributed by atoms with van der Waals surface area (Å²) in [6.07, 6.45) is 11.2. The first-order valence-corrected chi connectivity index (χ1v) is 11.5. The molecule has 0 bridgehead atoms. The number of allylic oxidation sites excluding steroid dienone is 1. The Morgan fingerprint density at radius 1 is 0.938 bits per heavy atom. The topological polar surface area (TPSA) is 36.4 Å². The van der Waals surface area contributed by atoms with Crippen molar-refractivity contribution < 1.29 is 4.79 Å². The van der Waals surface area contributed by atoms with Crippen LogP contribution >= 0.6 is 0 Å². The lowest BCUT2D eigenvalue weighted by Gasteiger charge is -2.34. The first kappa shape index (κ1) is 20.5. The van der Waals surface area contributed by atoms with Gasteiger partial charge < -0.3 is 9.80 Å². The maximum Gasteiger partial charge on any atom is 0.258 e. The van der Waals surface area contributed by atoms with Gasteiger partial charge in [-0.2, -0.15) is 0 Å². The van der Waals surface area contributed by atoms with E-state index < -0.39 is 0 Å². The molecule has 0 aliphatic carbocycles. The van der Waals surface area contributed by atoms with E-state index in [0.29, 0.717) is 17.4 Å². The number of amides is 1. The quantitative estimate of drug-likeness (QED) is 0.559. The molecule has 1 fully saturated rings. The molecule has 1 unspecified atom stereocenters. The van der Waals surface area contributed by atoms with Crippen molar-refractivity contribution in [2.24, 2.45) is 5.92 Å². The number of fused-ring (bicyclic) bond motifs is 1. The summed E-state index contributed by atoms with van der Waals surface area (Å²) in [5.74, 6) is 1.08. The Kier molecular flexibility index (Phi) is 6.02. The molecule has 32 heavy (non-hydrogen) atoms. The number of piperidine rings is 1. The number of hydrogen-bond acceptors (Lipinski definition) is 3. The van der Waals surface area contributed by atoms with Crippen molar-refractivity contribution in [3.8, 4) is 0 Å². The monoisotopic (exact) mass is 423 g/mol. The number of hydrogen-bond donors (Lipinski definition) is 0. The van der Waals surface area contributed by atoms with E-state index in [0.717, 1.165) is 44.6 Å². The zero-order chi connectivity index (χ0) is 21.8. The molecule has 1 atom stereocenters. The average molecular weight is 424 g/mol. The molecule has 0 radical (unpaired) electrons. The summed E-state index contributed by atoms with van der Waals surface area (Å²) in [6.45, 7) is 2.93. The molecule has 2 aromatic carbocycles. The molecule has 3 aromatic rings. The molecule has 1 amide bonds. The predicted octanol–water partition coefficient (Wildman–Crippen LogP) is 5.29. The molecule has 0 spiro atoms. The molecule has 5 rings (SSSR count). The van der Waals surface area contributed by atoms with E-state index in [1.807, 2.05) is 11.0 Å². The number of benzene rings is 2. The number of aromatic nitrogens is 1. The number of pyridine rings is 1. The Morgan fingerprint density at radius 3 is 2.44 bits per heavy atom. The summed E-state index contributed by atoms with van der Waals surface area (Å²) in [6, 6.07) is 22.7. The molecule has 4 heteroatoms. The maximum absolute atomic E-state index is 13.2. The third kappa shape index (κ3) is 4.31. The van der Waals surface area contributed by atoms with Crippen LogP contribution < -0.4 is 4.90 Å². The Bertz CT molecular complexity index is 1070. The zero-order valence-corrected chi connectivity index (χ0v) is 18.3. The van der Waals surface area contributed by atoms with Gasteiger partial charge in [-0.25, -0.2) is 0 Å². The third-order valence-electron chi connectivity index (χ3n) is 6.83. The lowest BCUT2D eigenvalue weighted by Crippen LogP contribution is -2.35. The summed E-state index contributed by atoms with van der Waals surface area (Å²) in [7, 11) is 0. The van der Waals surface area contributed by atoms with Gasteiger partial charge in [0.1, 0.15) is 0 Å². The molecule has 2 aliphatic rings. The van der Waals surface area contributed by atoms with Crippen molar-refractivity contribution in [3.63, 3.8) is 0 Å². The largest absolute Gasteiger partial charge is 0.378 e. The van der Waals surface area contributed by atoms with Gasteiger partial charge in [0.15, 0.2) is 0 Å². The Morgan fingerprint density at radius 2 is 1.66 bits per heavy atom. The van der Waals surface area contributed by atoms with Crippen molar-refractivity contribution in [3.05, 3.63) is 108 Å². The Hall–Kier alpha value is -3.40. The van der Waals surface area contributed by atoms with Crippen molar-refractivity contribution in [2.45, 2.75) is 25.2 Å². The smallest absolute Gasteiger partial charge is 0.258 e. The minimum atomic E-state index is 0.0728. The Balaban J connectivity index is 1.23. The van der Waals surface area contributed by atoms with Gasteiger partial charge in [0.05, 0.1) is 0 Å². The van der Waals surface area contributed by atoms with E-state index in [1.165, 1.54) is 11.1 Å². The molecule has 162 valence electrons. The number of rotatable bonds is 5. The first-order chi connectivity index (χ1) is 15.8. The molecule has 1 aromatic heterocycles. The number of anilines is 1. The number of likely N-dealkylation sites (tertiary alicyclic amines) is 1. The van der Waals surface area contributed by atoms with Crippen LogP contribution in [0.5, 0.6) is 0 Å². The van der Waals surface area contributed by atoms with Crippen LogP contribution in [0.2, 0.25) is 0 Å².